The van der Waals surface area contributed by atoms with E-state index < -0.39 is 0 Å². The Morgan fingerprint density at radius 3 is 3.05 bits per heavy atom. The summed E-state index contributed by atoms with van der Waals surface area (Å²) in [7, 11) is 5.97. The van der Waals surface area contributed by atoms with Gasteiger partial charge in [0.25, 0.3) is 5.91 Å². The van der Waals surface area contributed by atoms with Crippen molar-refractivity contribution in [2.45, 2.75) is 19.4 Å². The average Bonchev–Trinajstić information content (AvgIpc) is 2.72. The van der Waals surface area contributed by atoms with Gasteiger partial charge in [-0.1, -0.05) is 0 Å². The molecule has 1 aliphatic rings. The second-order valence-corrected chi connectivity index (χ2v) is 5.24. The second kappa shape index (κ2) is 6.16. The zero-order valence-corrected chi connectivity index (χ0v) is 12.0. The molecule has 0 fully saturated rings. The predicted molar refractivity (Wildman–Crippen MR) is 74.1 cm³/mol. The minimum Gasteiger partial charge on any atom is -0.351 e. The molecular formula is C13H23N5O. The van der Waals surface area contributed by atoms with Gasteiger partial charge >= 0.3 is 0 Å². The van der Waals surface area contributed by atoms with E-state index in [1.54, 1.807) is 0 Å². The van der Waals surface area contributed by atoms with E-state index in [1.165, 1.54) is 5.69 Å². The predicted octanol–water partition coefficient (Wildman–Crippen LogP) is -0.253. The Bertz CT molecular complexity index is 452. The normalized spacial score (nSPS) is 14.5. The van der Waals surface area contributed by atoms with Crippen LogP contribution in [0.15, 0.2) is 0 Å². The van der Waals surface area contributed by atoms with Crippen molar-refractivity contribution in [3.8, 4) is 0 Å². The Labute approximate surface area is 114 Å². The molecule has 0 atom stereocenters. The van der Waals surface area contributed by atoms with E-state index in [4.69, 9.17) is 0 Å². The highest BCUT2D eigenvalue weighted by molar-refractivity contribution is 5.94. The van der Waals surface area contributed by atoms with Gasteiger partial charge < -0.3 is 15.5 Å². The van der Waals surface area contributed by atoms with Crippen LogP contribution in [0.2, 0.25) is 0 Å². The van der Waals surface area contributed by atoms with Gasteiger partial charge in [0, 0.05) is 44.4 Å². The largest absolute Gasteiger partial charge is 0.351 e. The summed E-state index contributed by atoms with van der Waals surface area (Å²) in [5.41, 5.74) is 2.81. The molecule has 19 heavy (non-hydrogen) atoms. The lowest BCUT2D eigenvalue weighted by atomic mass is 10.1. The molecule has 0 spiro atoms. The molecule has 2 N–H and O–H groups in total. The Morgan fingerprint density at radius 2 is 2.32 bits per heavy atom. The maximum atomic E-state index is 12.1. The molecule has 106 valence electrons. The van der Waals surface area contributed by atoms with Crippen molar-refractivity contribution >= 4 is 5.91 Å². The topological polar surface area (TPSA) is 62.2 Å². The smallest absolute Gasteiger partial charge is 0.272 e. The molecule has 0 saturated carbocycles. The summed E-state index contributed by atoms with van der Waals surface area (Å²) in [4.78, 5) is 14.3. The summed E-state index contributed by atoms with van der Waals surface area (Å²) in [5, 5.41) is 10.6. The molecule has 1 aliphatic heterocycles. The first-order valence-electron chi connectivity index (χ1n) is 6.78. The van der Waals surface area contributed by atoms with Gasteiger partial charge in [-0.25, -0.2) is 0 Å². The first-order chi connectivity index (χ1) is 9.09. The van der Waals surface area contributed by atoms with Gasteiger partial charge in [-0.15, -0.1) is 0 Å². The number of hydrogen-bond acceptors (Lipinski definition) is 4. The molecule has 2 rings (SSSR count). The highest BCUT2D eigenvalue weighted by atomic mass is 16.1. The van der Waals surface area contributed by atoms with Crippen LogP contribution >= 0.6 is 0 Å². The van der Waals surface area contributed by atoms with E-state index in [0.29, 0.717) is 12.2 Å². The number of aromatic nitrogens is 2. The van der Waals surface area contributed by atoms with Crippen LogP contribution in [-0.2, 0) is 20.0 Å². The van der Waals surface area contributed by atoms with Crippen LogP contribution in [0.25, 0.3) is 0 Å². The number of carbonyl (C=O) groups is 1. The monoisotopic (exact) mass is 265 g/mol. The number of fused-ring (bicyclic) bond motifs is 1. The fourth-order valence-electron chi connectivity index (χ4n) is 2.38. The van der Waals surface area contributed by atoms with Crippen LogP contribution in [0.3, 0.4) is 0 Å². The van der Waals surface area contributed by atoms with Crippen LogP contribution in [-0.4, -0.2) is 54.3 Å². The third kappa shape index (κ3) is 3.33. The maximum absolute atomic E-state index is 12.1. The Balaban J connectivity index is 1.96. The Hall–Kier alpha value is -1.40. The number of rotatable bonds is 5. The zero-order chi connectivity index (χ0) is 13.8. The fourth-order valence-corrected chi connectivity index (χ4v) is 2.38. The minimum absolute atomic E-state index is 0.0562. The highest BCUT2D eigenvalue weighted by Gasteiger charge is 2.23. The number of aryl methyl sites for hydroxylation is 1. The quantitative estimate of drug-likeness (QED) is 0.721. The van der Waals surface area contributed by atoms with E-state index in [9.17, 15) is 4.79 Å². The fraction of sp³-hybridized carbons (Fsp3) is 0.692. The van der Waals surface area contributed by atoms with Crippen LogP contribution in [0, 0.1) is 0 Å². The second-order valence-electron chi connectivity index (χ2n) is 5.24. The summed E-state index contributed by atoms with van der Waals surface area (Å²) in [6, 6.07) is 0. The molecule has 0 aromatic carbocycles. The molecule has 1 aromatic rings. The lowest BCUT2D eigenvalue weighted by molar-refractivity contribution is 0.0945. The SMILES string of the molecule is CN(C)CCCNC(=O)c1nn(C)c2c1CNCC2. The van der Waals surface area contributed by atoms with E-state index in [-0.39, 0.29) is 5.91 Å². The molecular weight excluding hydrogens is 242 g/mol. The molecule has 0 radical (unpaired) electrons. The van der Waals surface area contributed by atoms with E-state index in [1.807, 2.05) is 25.8 Å². The molecule has 1 aromatic heterocycles. The van der Waals surface area contributed by atoms with Gasteiger partial charge in [-0.2, -0.15) is 5.10 Å². The zero-order valence-electron chi connectivity index (χ0n) is 12.0. The Morgan fingerprint density at radius 1 is 1.53 bits per heavy atom. The number of carbonyl (C=O) groups excluding carboxylic acids is 1. The number of hydrogen-bond donors (Lipinski definition) is 2. The highest BCUT2D eigenvalue weighted by Crippen LogP contribution is 2.17. The summed E-state index contributed by atoms with van der Waals surface area (Å²) in [6.45, 7) is 3.36. The molecule has 2 heterocycles. The molecule has 0 bridgehead atoms. The molecule has 1 amide bonds. The van der Waals surface area contributed by atoms with E-state index in [0.717, 1.165) is 38.0 Å². The van der Waals surface area contributed by atoms with Gasteiger partial charge in [-0.05, 0) is 27.1 Å². The Kier molecular flexibility index (Phi) is 4.55. The molecule has 6 heteroatoms. The van der Waals surface area contributed by atoms with Crippen molar-refractivity contribution < 1.29 is 4.79 Å². The summed E-state index contributed by atoms with van der Waals surface area (Å²) >= 11 is 0. The summed E-state index contributed by atoms with van der Waals surface area (Å²) in [5.74, 6) is -0.0562. The van der Waals surface area contributed by atoms with Crippen molar-refractivity contribution in [3.05, 3.63) is 17.0 Å². The number of nitrogens with zero attached hydrogens (tertiary/aromatic N) is 3. The average molecular weight is 265 g/mol. The standard InChI is InChI=1S/C13H23N5O/c1-17(2)8-4-6-15-13(19)12-10-9-14-7-5-11(10)18(3)16-12/h14H,4-9H2,1-3H3,(H,15,19). The third-order valence-electron chi connectivity index (χ3n) is 3.40. The van der Waals surface area contributed by atoms with Crippen molar-refractivity contribution in [2.24, 2.45) is 7.05 Å². The summed E-state index contributed by atoms with van der Waals surface area (Å²) in [6.07, 6.45) is 1.89. The van der Waals surface area contributed by atoms with Gasteiger partial charge in [0.15, 0.2) is 5.69 Å². The lowest BCUT2D eigenvalue weighted by Gasteiger charge is -2.14. The van der Waals surface area contributed by atoms with Gasteiger partial charge in [0.05, 0.1) is 0 Å². The van der Waals surface area contributed by atoms with Crippen molar-refractivity contribution in [2.75, 3.05) is 33.7 Å². The van der Waals surface area contributed by atoms with Crippen molar-refractivity contribution in [1.29, 1.82) is 0 Å². The van der Waals surface area contributed by atoms with Gasteiger partial charge in [0.2, 0.25) is 0 Å². The number of amides is 1. The molecule has 0 saturated heterocycles. The van der Waals surface area contributed by atoms with Crippen LogP contribution in [0.1, 0.15) is 28.2 Å². The van der Waals surface area contributed by atoms with Crippen LogP contribution in [0.4, 0.5) is 0 Å². The van der Waals surface area contributed by atoms with Crippen LogP contribution < -0.4 is 10.6 Å². The summed E-state index contributed by atoms with van der Waals surface area (Å²) < 4.78 is 1.84. The minimum atomic E-state index is -0.0562. The number of nitrogens with one attached hydrogen (secondary N) is 2. The molecule has 0 aliphatic carbocycles. The maximum Gasteiger partial charge on any atom is 0.272 e. The molecule has 0 unspecified atom stereocenters. The van der Waals surface area contributed by atoms with E-state index in [2.05, 4.69) is 20.6 Å². The van der Waals surface area contributed by atoms with Gasteiger partial charge in [-0.3, -0.25) is 9.48 Å². The van der Waals surface area contributed by atoms with E-state index >= 15 is 0 Å². The first-order valence-corrected chi connectivity index (χ1v) is 6.78. The first kappa shape index (κ1) is 14.0. The lowest BCUT2D eigenvalue weighted by Crippen LogP contribution is -2.30. The van der Waals surface area contributed by atoms with Gasteiger partial charge in [0.1, 0.15) is 0 Å². The van der Waals surface area contributed by atoms with Crippen LogP contribution in [0.5, 0.6) is 0 Å². The van der Waals surface area contributed by atoms with Crippen molar-refractivity contribution in [1.82, 2.24) is 25.3 Å². The van der Waals surface area contributed by atoms with Crippen molar-refractivity contribution in [3.63, 3.8) is 0 Å². The third-order valence-corrected chi connectivity index (χ3v) is 3.40. The molecule has 6 nitrogen and oxygen atoms in total.